The van der Waals surface area contributed by atoms with E-state index in [2.05, 4.69) is 6.92 Å². The van der Waals surface area contributed by atoms with Gasteiger partial charge in [-0.15, -0.1) is 0 Å². The third-order valence-corrected chi connectivity index (χ3v) is 3.24. The molecule has 0 aromatic rings. The van der Waals surface area contributed by atoms with Gasteiger partial charge in [0.15, 0.2) is 0 Å². The lowest BCUT2D eigenvalue weighted by Gasteiger charge is -2.37. The standard InChI is InChI=1S/C10H18O2/c1-10(11-2)5-6-12-9(7-10)8-3-4-8/h8-9H,3-7H2,1-2H3/t9?,10-/m1/s1. The van der Waals surface area contributed by atoms with Gasteiger partial charge in [-0.3, -0.25) is 0 Å². The Kier molecular flexibility index (Phi) is 2.13. The molecule has 70 valence electrons. The van der Waals surface area contributed by atoms with Crippen LogP contribution in [-0.4, -0.2) is 25.4 Å². The number of methoxy groups -OCH3 is 1. The molecule has 0 N–H and O–H groups in total. The smallest absolute Gasteiger partial charge is 0.0697 e. The van der Waals surface area contributed by atoms with Crippen LogP contribution in [0.4, 0.5) is 0 Å². The summed E-state index contributed by atoms with van der Waals surface area (Å²) < 4.78 is 11.2. The van der Waals surface area contributed by atoms with Gasteiger partial charge >= 0.3 is 0 Å². The lowest BCUT2D eigenvalue weighted by atomic mass is 9.90. The molecule has 12 heavy (non-hydrogen) atoms. The van der Waals surface area contributed by atoms with Gasteiger partial charge in [0, 0.05) is 20.1 Å². The second-order valence-corrected chi connectivity index (χ2v) is 4.35. The first kappa shape index (κ1) is 8.52. The number of hydrogen-bond donors (Lipinski definition) is 0. The molecular weight excluding hydrogens is 152 g/mol. The molecule has 1 unspecified atom stereocenters. The first-order valence-corrected chi connectivity index (χ1v) is 4.90. The van der Waals surface area contributed by atoms with Crippen molar-refractivity contribution in [2.75, 3.05) is 13.7 Å². The van der Waals surface area contributed by atoms with Crippen molar-refractivity contribution in [3.63, 3.8) is 0 Å². The summed E-state index contributed by atoms with van der Waals surface area (Å²) in [7, 11) is 1.81. The molecule has 2 fully saturated rings. The molecule has 0 amide bonds. The number of hydrogen-bond acceptors (Lipinski definition) is 2. The highest BCUT2D eigenvalue weighted by molar-refractivity contribution is 4.91. The summed E-state index contributed by atoms with van der Waals surface area (Å²) in [6.07, 6.45) is 5.36. The van der Waals surface area contributed by atoms with Gasteiger partial charge in [0.2, 0.25) is 0 Å². The van der Waals surface area contributed by atoms with Crippen LogP contribution in [0.15, 0.2) is 0 Å². The van der Waals surface area contributed by atoms with Gasteiger partial charge in [-0.1, -0.05) is 0 Å². The van der Waals surface area contributed by atoms with Crippen molar-refractivity contribution < 1.29 is 9.47 Å². The van der Waals surface area contributed by atoms with Gasteiger partial charge in [0.05, 0.1) is 11.7 Å². The Labute approximate surface area is 74.2 Å². The molecule has 2 aliphatic rings. The van der Waals surface area contributed by atoms with Gasteiger partial charge in [-0.25, -0.2) is 0 Å². The molecule has 0 spiro atoms. The second kappa shape index (κ2) is 3.00. The summed E-state index contributed by atoms with van der Waals surface area (Å²) in [5.41, 5.74) is 0.0888. The van der Waals surface area contributed by atoms with Crippen LogP contribution >= 0.6 is 0 Å². The van der Waals surface area contributed by atoms with E-state index in [0.717, 1.165) is 25.4 Å². The molecule has 0 aromatic carbocycles. The summed E-state index contributed by atoms with van der Waals surface area (Å²) in [6.45, 7) is 3.08. The van der Waals surface area contributed by atoms with Gasteiger partial charge < -0.3 is 9.47 Å². The Balaban J connectivity index is 1.93. The predicted molar refractivity (Wildman–Crippen MR) is 47.1 cm³/mol. The molecule has 1 saturated heterocycles. The Morgan fingerprint density at radius 1 is 1.42 bits per heavy atom. The zero-order valence-electron chi connectivity index (χ0n) is 8.01. The molecule has 1 aliphatic carbocycles. The summed E-state index contributed by atoms with van der Waals surface area (Å²) in [6, 6.07) is 0. The zero-order chi connectivity index (χ0) is 8.60. The van der Waals surface area contributed by atoms with Crippen LogP contribution in [-0.2, 0) is 9.47 Å². The topological polar surface area (TPSA) is 18.5 Å². The van der Waals surface area contributed by atoms with Gasteiger partial charge in [-0.05, 0) is 32.1 Å². The predicted octanol–water partition coefficient (Wildman–Crippen LogP) is 1.98. The Hall–Kier alpha value is -0.0800. The van der Waals surface area contributed by atoms with Crippen molar-refractivity contribution in [3.8, 4) is 0 Å². The Bertz CT molecular complexity index is 165. The number of ether oxygens (including phenoxy) is 2. The molecule has 2 atom stereocenters. The Morgan fingerprint density at radius 3 is 2.75 bits per heavy atom. The molecular formula is C10H18O2. The average Bonchev–Trinajstić information content (AvgIpc) is 2.87. The van der Waals surface area contributed by atoms with E-state index in [1.165, 1.54) is 12.8 Å². The monoisotopic (exact) mass is 170 g/mol. The maximum Gasteiger partial charge on any atom is 0.0697 e. The lowest BCUT2D eigenvalue weighted by Crippen LogP contribution is -2.40. The van der Waals surface area contributed by atoms with Crippen LogP contribution in [0.3, 0.4) is 0 Å². The highest BCUT2D eigenvalue weighted by Gasteiger charge is 2.40. The van der Waals surface area contributed by atoms with E-state index in [-0.39, 0.29) is 5.60 Å². The fourth-order valence-corrected chi connectivity index (χ4v) is 1.97. The minimum Gasteiger partial charge on any atom is -0.378 e. The third kappa shape index (κ3) is 1.64. The normalized spacial score (nSPS) is 43.0. The minimum atomic E-state index is 0.0888. The molecule has 1 heterocycles. The van der Waals surface area contributed by atoms with Gasteiger partial charge in [0.25, 0.3) is 0 Å². The van der Waals surface area contributed by atoms with Crippen LogP contribution in [0.1, 0.15) is 32.6 Å². The fourth-order valence-electron chi connectivity index (χ4n) is 1.97. The molecule has 0 bridgehead atoms. The van der Waals surface area contributed by atoms with Crippen LogP contribution < -0.4 is 0 Å². The van der Waals surface area contributed by atoms with Crippen LogP contribution in [0, 0.1) is 5.92 Å². The van der Waals surface area contributed by atoms with Crippen molar-refractivity contribution in [2.45, 2.75) is 44.3 Å². The summed E-state index contributed by atoms with van der Waals surface area (Å²) >= 11 is 0. The van der Waals surface area contributed by atoms with Gasteiger partial charge in [0.1, 0.15) is 0 Å². The van der Waals surface area contributed by atoms with Crippen LogP contribution in [0.25, 0.3) is 0 Å². The second-order valence-electron chi connectivity index (χ2n) is 4.35. The van der Waals surface area contributed by atoms with Crippen LogP contribution in [0.2, 0.25) is 0 Å². The SMILES string of the molecule is CO[C@]1(C)CCOC(C2CC2)C1. The van der Waals surface area contributed by atoms with E-state index in [9.17, 15) is 0 Å². The third-order valence-electron chi connectivity index (χ3n) is 3.24. The Morgan fingerprint density at radius 2 is 2.17 bits per heavy atom. The number of rotatable bonds is 2. The van der Waals surface area contributed by atoms with Gasteiger partial charge in [-0.2, -0.15) is 0 Å². The molecule has 0 radical (unpaired) electrons. The molecule has 0 aromatic heterocycles. The largest absolute Gasteiger partial charge is 0.378 e. The van der Waals surface area contributed by atoms with Crippen molar-refractivity contribution in [1.82, 2.24) is 0 Å². The fraction of sp³-hybridized carbons (Fsp3) is 1.00. The van der Waals surface area contributed by atoms with Crippen molar-refractivity contribution >= 4 is 0 Å². The molecule has 2 nitrogen and oxygen atoms in total. The van der Waals surface area contributed by atoms with Crippen molar-refractivity contribution in [2.24, 2.45) is 5.92 Å². The first-order chi connectivity index (χ1) is 5.73. The summed E-state index contributed by atoms with van der Waals surface area (Å²) in [5, 5.41) is 0. The van der Waals surface area contributed by atoms with Crippen molar-refractivity contribution in [1.29, 1.82) is 0 Å². The minimum absolute atomic E-state index is 0.0888. The molecule has 1 saturated carbocycles. The molecule has 2 heteroatoms. The van der Waals surface area contributed by atoms with E-state index in [1.807, 2.05) is 7.11 Å². The lowest BCUT2D eigenvalue weighted by molar-refractivity contribution is -0.118. The molecule has 1 aliphatic heterocycles. The maximum absolute atomic E-state index is 5.72. The van der Waals surface area contributed by atoms with E-state index in [0.29, 0.717) is 6.10 Å². The maximum atomic E-state index is 5.72. The van der Waals surface area contributed by atoms with Crippen LogP contribution in [0.5, 0.6) is 0 Å². The van der Waals surface area contributed by atoms with Crippen molar-refractivity contribution in [3.05, 3.63) is 0 Å². The van der Waals surface area contributed by atoms with E-state index >= 15 is 0 Å². The summed E-state index contributed by atoms with van der Waals surface area (Å²) in [4.78, 5) is 0. The van der Waals surface area contributed by atoms with E-state index in [4.69, 9.17) is 9.47 Å². The zero-order valence-corrected chi connectivity index (χ0v) is 8.01. The van der Waals surface area contributed by atoms with E-state index in [1.54, 1.807) is 0 Å². The molecule has 2 rings (SSSR count). The first-order valence-electron chi connectivity index (χ1n) is 4.90. The average molecular weight is 170 g/mol. The quantitative estimate of drug-likeness (QED) is 0.631. The summed E-state index contributed by atoms with van der Waals surface area (Å²) in [5.74, 6) is 0.847. The highest BCUT2D eigenvalue weighted by atomic mass is 16.5. The highest BCUT2D eigenvalue weighted by Crippen LogP contribution is 2.41. The van der Waals surface area contributed by atoms with E-state index < -0.39 is 0 Å².